The number of halogens is 1. The van der Waals surface area contributed by atoms with Crippen molar-refractivity contribution in [3.05, 3.63) is 10.2 Å². The topological polar surface area (TPSA) is 112 Å². The standard InChI is InChI=1S/C10H15BrN4O2/c1-10(2,3)17-9(16)15-5-7(14)8(11)6(13)4-12/h13H,5,14H2,1-3H3,(H,15,16). The van der Waals surface area contributed by atoms with Crippen LogP contribution in [-0.4, -0.2) is 24.0 Å². The summed E-state index contributed by atoms with van der Waals surface area (Å²) in [5.41, 5.74) is 4.88. The van der Waals surface area contributed by atoms with Gasteiger partial charge in [-0.25, -0.2) is 4.79 Å². The monoisotopic (exact) mass is 302 g/mol. The zero-order valence-electron chi connectivity index (χ0n) is 9.93. The molecule has 0 spiro atoms. The first-order chi connectivity index (χ1) is 7.67. The lowest BCUT2D eigenvalue weighted by molar-refractivity contribution is 0.0532. The Morgan fingerprint density at radius 2 is 2.12 bits per heavy atom. The Morgan fingerprint density at radius 3 is 2.53 bits per heavy atom. The molecule has 0 atom stereocenters. The van der Waals surface area contributed by atoms with E-state index < -0.39 is 11.7 Å². The number of hydrogen-bond donors (Lipinski definition) is 3. The number of nitrogens with two attached hydrogens (primary N) is 1. The van der Waals surface area contributed by atoms with Gasteiger partial charge in [0.05, 0.1) is 11.0 Å². The first-order valence-electron chi connectivity index (χ1n) is 4.77. The van der Waals surface area contributed by atoms with E-state index in [1.807, 2.05) is 0 Å². The van der Waals surface area contributed by atoms with Gasteiger partial charge in [0.25, 0.3) is 0 Å². The molecule has 0 aromatic carbocycles. The number of nitrogens with zero attached hydrogens (tertiary/aromatic N) is 1. The van der Waals surface area contributed by atoms with Gasteiger partial charge in [-0.1, -0.05) is 0 Å². The Hall–Kier alpha value is -1.55. The molecule has 0 aromatic rings. The molecule has 0 saturated heterocycles. The largest absolute Gasteiger partial charge is 0.444 e. The zero-order chi connectivity index (χ0) is 13.6. The molecule has 17 heavy (non-hydrogen) atoms. The lowest BCUT2D eigenvalue weighted by Crippen LogP contribution is -2.35. The van der Waals surface area contributed by atoms with Gasteiger partial charge in [-0.3, -0.25) is 5.41 Å². The van der Waals surface area contributed by atoms with Crippen LogP contribution in [0.5, 0.6) is 0 Å². The molecule has 0 unspecified atom stereocenters. The maximum Gasteiger partial charge on any atom is 0.407 e. The Labute approximate surface area is 108 Å². The third-order valence-corrected chi connectivity index (χ3v) is 2.34. The van der Waals surface area contributed by atoms with Crippen LogP contribution in [-0.2, 0) is 4.74 Å². The fourth-order valence-electron chi connectivity index (χ4n) is 0.769. The molecule has 0 fully saturated rings. The highest BCUT2D eigenvalue weighted by Crippen LogP contribution is 2.10. The summed E-state index contributed by atoms with van der Waals surface area (Å²) in [5.74, 6) is 0. The molecule has 1 amide bonds. The minimum absolute atomic E-state index is 0.000440. The number of nitrogens with one attached hydrogen (secondary N) is 2. The van der Waals surface area contributed by atoms with Gasteiger partial charge in [0, 0.05) is 5.70 Å². The third kappa shape index (κ3) is 6.58. The number of carbonyl (C=O) groups is 1. The summed E-state index contributed by atoms with van der Waals surface area (Å²) in [6, 6.07) is 1.63. The molecule has 0 aliphatic heterocycles. The Balaban J connectivity index is 4.36. The summed E-state index contributed by atoms with van der Waals surface area (Å²) < 4.78 is 5.16. The molecule has 0 aliphatic rings. The maximum absolute atomic E-state index is 11.3. The van der Waals surface area contributed by atoms with Crippen molar-refractivity contribution >= 4 is 27.7 Å². The van der Waals surface area contributed by atoms with E-state index in [2.05, 4.69) is 21.2 Å². The van der Waals surface area contributed by atoms with E-state index in [0.29, 0.717) is 0 Å². The minimum atomic E-state index is -0.607. The molecule has 0 saturated carbocycles. The van der Waals surface area contributed by atoms with E-state index in [1.165, 1.54) is 0 Å². The summed E-state index contributed by atoms with van der Waals surface area (Å²) in [6.45, 7) is 5.23. The van der Waals surface area contributed by atoms with E-state index in [9.17, 15) is 4.79 Å². The van der Waals surface area contributed by atoms with Gasteiger partial charge in [-0.05, 0) is 36.7 Å². The Bertz CT molecular complexity index is 390. The predicted molar refractivity (Wildman–Crippen MR) is 67.7 cm³/mol. The van der Waals surface area contributed by atoms with E-state index in [1.54, 1.807) is 26.8 Å². The van der Waals surface area contributed by atoms with Crippen LogP contribution in [0.2, 0.25) is 0 Å². The highest BCUT2D eigenvalue weighted by molar-refractivity contribution is 9.12. The number of rotatable bonds is 3. The van der Waals surface area contributed by atoms with Gasteiger partial charge in [-0.15, -0.1) is 0 Å². The van der Waals surface area contributed by atoms with Crippen molar-refractivity contribution in [2.45, 2.75) is 26.4 Å². The molecule has 0 radical (unpaired) electrons. The lowest BCUT2D eigenvalue weighted by atomic mass is 10.2. The molecule has 94 valence electrons. The van der Waals surface area contributed by atoms with Crippen LogP contribution in [0.1, 0.15) is 20.8 Å². The average Bonchev–Trinajstić information content (AvgIpc) is 2.21. The third-order valence-electron chi connectivity index (χ3n) is 1.44. The predicted octanol–water partition coefficient (Wildman–Crippen LogP) is 1.62. The van der Waals surface area contributed by atoms with Crippen LogP contribution in [0.3, 0.4) is 0 Å². The van der Waals surface area contributed by atoms with Crippen molar-refractivity contribution in [3.8, 4) is 6.07 Å². The Morgan fingerprint density at radius 1 is 1.59 bits per heavy atom. The van der Waals surface area contributed by atoms with Crippen LogP contribution >= 0.6 is 15.9 Å². The fourth-order valence-corrected chi connectivity index (χ4v) is 0.998. The maximum atomic E-state index is 11.3. The summed E-state index contributed by atoms with van der Waals surface area (Å²) in [4.78, 5) is 11.3. The highest BCUT2D eigenvalue weighted by Gasteiger charge is 2.16. The second kappa shape index (κ2) is 6.25. The SMILES string of the molecule is CC(C)(C)OC(=O)NCC(N)=C(Br)C(=N)C#N. The summed E-state index contributed by atoms with van der Waals surface area (Å²) in [7, 11) is 0. The van der Waals surface area contributed by atoms with E-state index in [0.717, 1.165) is 0 Å². The summed E-state index contributed by atoms with van der Waals surface area (Å²) in [6.07, 6.45) is -0.607. The van der Waals surface area contributed by atoms with Crippen molar-refractivity contribution in [2.75, 3.05) is 6.54 Å². The second-order valence-electron chi connectivity index (χ2n) is 4.18. The number of ether oxygens (including phenoxy) is 1. The molecule has 0 aromatic heterocycles. The molecule has 6 nitrogen and oxygen atoms in total. The van der Waals surface area contributed by atoms with E-state index in [4.69, 9.17) is 21.1 Å². The number of allylic oxidation sites excluding steroid dienone is 1. The van der Waals surface area contributed by atoms with E-state index >= 15 is 0 Å². The normalized spacial score (nSPS) is 12.2. The average molecular weight is 303 g/mol. The molecule has 7 heteroatoms. The van der Waals surface area contributed by atoms with Crippen LogP contribution in [0.25, 0.3) is 0 Å². The Kier molecular flexibility index (Phi) is 5.68. The molecular formula is C10H15BrN4O2. The van der Waals surface area contributed by atoms with Gasteiger partial charge in [0.2, 0.25) is 0 Å². The van der Waals surface area contributed by atoms with Crippen molar-refractivity contribution in [2.24, 2.45) is 5.73 Å². The molecule has 4 N–H and O–H groups in total. The van der Waals surface area contributed by atoms with Crippen molar-refractivity contribution in [1.29, 1.82) is 10.7 Å². The van der Waals surface area contributed by atoms with E-state index in [-0.39, 0.29) is 22.4 Å². The van der Waals surface area contributed by atoms with Gasteiger partial charge < -0.3 is 15.8 Å². The second-order valence-corrected chi connectivity index (χ2v) is 4.97. The highest BCUT2D eigenvalue weighted by atomic mass is 79.9. The minimum Gasteiger partial charge on any atom is -0.444 e. The van der Waals surface area contributed by atoms with Crippen LogP contribution in [0, 0.1) is 16.7 Å². The zero-order valence-corrected chi connectivity index (χ0v) is 11.5. The molecule has 0 bridgehead atoms. The van der Waals surface area contributed by atoms with Crippen LogP contribution in [0.4, 0.5) is 4.79 Å². The van der Waals surface area contributed by atoms with Gasteiger partial charge in [-0.2, -0.15) is 5.26 Å². The summed E-state index contributed by atoms with van der Waals surface area (Å²) >= 11 is 3.00. The number of alkyl carbamates (subject to hydrolysis) is 1. The fraction of sp³-hybridized carbons (Fsp3) is 0.500. The van der Waals surface area contributed by atoms with Crippen LogP contribution < -0.4 is 11.1 Å². The molecule has 0 aliphatic carbocycles. The first-order valence-corrected chi connectivity index (χ1v) is 5.56. The quantitative estimate of drug-likeness (QED) is 0.688. The summed E-state index contributed by atoms with van der Waals surface area (Å²) in [5, 5.41) is 18.1. The number of amides is 1. The number of carbonyl (C=O) groups excluding carboxylic acids is 1. The lowest BCUT2D eigenvalue weighted by Gasteiger charge is -2.19. The molecule has 0 heterocycles. The van der Waals surface area contributed by atoms with Crippen LogP contribution in [0.15, 0.2) is 10.2 Å². The van der Waals surface area contributed by atoms with Crippen molar-refractivity contribution in [1.82, 2.24) is 5.32 Å². The van der Waals surface area contributed by atoms with Crippen molar-refractivity contribution in [3.63, 3.8) is 0 Å². The van der Waals surface area contributed by atoms with Crippen molar-refractivity contribution < 1.29 is 9.53 Å². The number of hydrogen-bond acceptors (Lipinski definition) is 5. The van der Waals surface area contributed by atoms with Gasteiger partial charge >= 0.3 is 6.09 Å². The number of nitriles is 1. The van der Waals surface area contributed by atoms with Gasteiger partial charge in [0.1, 0.15) is 17.4 Å². The smallest absolute Gasteiger partial charge is 0.407 e. The first kappa shape index (κ1) is 15.4. The van der Waals surface area contributed by atoms with Gasteiger partial charge in [0.15, 0.2) is 0 Å². The molecule has 0 rings (SSSR count). The molecular weight excluding hydrogens is 288 g/mol.